The molecule has 0 saturated heterocycles. The van der Waals surface area contributed by atoms with Crippen LogP contribution in [0, 0.1) is 5.92 Å². The van der Waals surface area contributed by atoms with Crippen molar-refractivity contribution in [2.24, 2.45) is 5.92 Å². The number of likely N-dealkylation sites (N-methyl/N-ethyl adjacent to an activating group) is 1. The second-order valence-corrected chi connectivity index (χ2v) is 3.99. The van der Waals surface area contributed by atoms with Crippen molar-refractivity contribution in [3.8, 4) is 5.88 Å². The zero-order chi connectivity index (χ0) is 10.7. The Morgan fingerprint density at radius 1 is 1.53 bits per heavy atom. The molecule has 82 valence electrons. The highest BCUT2D eigenvalue weighted by Crippen LogP contribution is 2.33. The number of ether oxygens (including phenoxy) is 1. The van der Waals surface area contributed by atoms with E-state index in [4.69, 9.17) is 4.74 Å². The molecule has 1 aromatic rings. The van der Waals surface area contributed by atoms with E-state index in [2.05, 4.69) is 15.3 Å². The zero-order valence-corrected chi connectivity index (χ0v) is 9.23. The van der Waals surface area contributed by atoms with Crippen molar-refractivity contribution in [2.75, 3.05) is 14.2 Å². The first kappa shape index (κ1) is 10.4. The summed E-state index contributed by atoms with van der Waals surface area (Å²) in [4.78, 5) is 8.25. The van der Waals surface area contributed by atoms with Crippen LogP contribution >= 0.6 is 0 Å². The van der Waals surface area contributed by atoms with Crippen molar-refractivity contribution in [1.29, 1.82) is 0 Å². The van der Waals surface area contributed by atoms with E-state index in [1.807, 2.05) is 13.1 Å². The number of aromatic nitrogens is 2. The molecule has 0 aromatic carbocycles. The molecule has 0 spiro atoms. The highest BCUT2D eigenvalue weighted by Gasteiger charge is 2.30. The van der Waals surface area contributed by atoms with Crippen molar-refractivity contribution < 1.29 is 4.74 Å². The van der Waals surface area contributed by atoms with Gasteiger partial charge >= 0.3 is 0 Å². The van der Waals surface area contributed by atoms with Gasteiger partial charge in [-0.15, -0.1) is 0 Å². The predicted molar refractivity (Wildman–Crippen MR) is 57.9 cm³/mol. The van der Waals surface area contributed by atoms with E-state index < -0.39 is 0 Å². The van der Waals surface area contributed by atoms with Crippen LogP contribution in [0.1, 0.15) is 18.5 Å². The van der Waals surface area contributed by atoms with E-state index in [0.29, 0.717) is 11.9 Å². The number of nitrogens with one attached hydrogen (secondary N) is 1. The topological polar surface area (TPSA) is 47.0 Å². The fourth-order valence-electron chi connectivity index (χ4n) is 1.83. The van der Waals surface area contributed by atoms with Gasteiger partial charge in [0.1, 0.15) is 6.33 Å². The molecular formula is C11H17N3O. The molecule has 1 aromatic heterocycles. The molecule has 1 heterocycles. The summed E-state index contributed by atoms with van der Waals surface area (Å²) in [6.07, 6.45) is 5.20. The van der Waals surface area contributed by atoms with Crippen molar-refractivity contribution in [1.82, 2.24) is 15.3 Å². The second kappa shape index (κ2) is 4.57. The highest BCUT2D eigenvalue weighted by molar-refractivity contribution is 5.14. The molecule has 1 atom stereocenters. The summed E-state index contributed by atoms with van der Waals surface area (Å²) < 4.78 is 5.07. The Morgan fingerprint density at radius 3 is 2.93 bits per heavy atom. The number of rotatable bonds is 5. The number of nitrogens with zero attached hydrogens (tertiary/aromatic N) is 2. The standard InChI is InChI=1S/C11H17N3O/c1-12-10(8-3-4-8)5-9-6-11(15-2)14-7-13-9/h6-8,10,12H,3-5H2,1-2H3. The Bertz CT molecular complexity index is 325. The third-order valence-corrected chi connectivity index (χ3v) is 2.90. The molecule has 4 heteroatoms. The van der Waals surface area contributed by atoms with Gasteiger partial charge in [0.2, 0.25) is 5.88 Å². The van der Waals surface area contributed by atoms with Crippen molar-refractivity contribution in [3.63, 3.8) is 0 Å². The lowest BCUT2D eigenvalue weighted by Crippen LogP contribution is -2.30. The first-order valence-corrected chi connectivity index (χ1v) is 5.35. The molecule has 2 rings (SSSR count). The largest absolute Gasteiger partial charge is 0.481 e. The molecule has 1 aliphatic carbocycles. The number of hydrogen-bond donors (Lipinski definition) is 1. The maximum absolute atomic E-state index is 5.07. The molecule has 0 bridgehead atoms. The van der Waals surface area contributed by atoms with Crippen LogP contribution < -0.4 is 10.1 Å². The summed E-state index contributed by atoms with van der Waals surface area (Å²) in [5, 5.41) is 3.35. The van der Waals surface area contributed by atoms with Crippen LogP contribution in [-0.4, -0.2) is 30.2 Å². The molecular weight excluding hydrogens is 190 g/mol. The second-order valence-electron chi connectivity index (χ2n) is 3.99. The molecule has 1 aliphatic rings. The lowest BCUT2D eigenvalue weighted by Gasteiger charge is -2.14. The van der Waals surface area contributed by atoms with Gasteiger partial charge in [-0.05, 0) is 25.8 Å². The van der Waals surface area contributed by atoms with Crippen molar-refractivity contribution in [3.05, 3.63) is 18.1 Å². The summed E-state index contributed by atoms with van der Waals surface area (Å²) in [7, 11) is 3.64. The van der Waals surface area contributed by atoms with Crippen LogP contribution in [0.3, 0.4) is 0 Å². The highest BCUT2D eigenvalue weighted by atomic mass is 16.5. The van der Waals surface area contributed by atoms with Crippen molar-refractivity contribution >= 4 is 0 Å². The Labute approximate surface area is 90.1 Å². The molecule has 15 heavy (non-hydrogen) atoms. The van der Waals surface area contributed by atoms with Crippen LogP contribution in [0.2, 0.25) is 0 Å². The van der Waals surface area contributed by atoms with Gasteiger partial charge in [-0.2, -0.15) is 0 Å². The van der Waals surface area contributed by atoms with E-state index >= 15 is 0 Å². The van der Waals surface area contributed by atoms with Crippen LogP contribution in [0.5, 0.6) is 5.88 Å². The summed E-state index contributed by atoms with van der Waals surface area (Å²) in [6.45, 7) is 0. The predicted octanol–water partition coefficient (Wildman–Crippen LogP) is 1.03. The van der Waals surface area contributed by atoms with E-state index in [9.17, 15) is 0 Å². The van der Waals surface area contributed by atoms with Gasteiger partial charge in [0, 0.05) is 24.2 Å². The molecule has 4 nitrogen and oxygen atoms in total. The summed E-state index contributed by atoms with van der Waals surface area (Å²) in [5.74, 6) is 1.47. The van der Waals surface area contributed by atoms with E-state index in [0.717, 1.165) is 18.0 Å². The minimum absolute atomic E-state index is 0.546. The lowest BCUT2D eigenvalue weighted by molar-refractivity contribution is 0.394. The minimum Gasteiger partial charge on any atom is -0.481 e. The SMILES string of the molecule is CNC(Cc1cc(OC)ncn1)C1CC1. The van der Waals surface area contributed by atoms with E-state index in [1.54, 1.807) is 13.4 Å². The maximum Gasteiger partial charge on any atom is 0.216 e. The third kappa shape index (κ3) is 2.65. The molecule has 1 N–H and O–H groups in total. The van der Waals surface area contributed by atoms with Crippen LogP contribution in [0.25, 0.3) is 0 Å². The Hall–Kier alpha value is -1.16. The van der Waals surface area contributed by atoms with Crippen molar-refractivity contribution in [2.45, 2.75) is 25.3 Å². The summed E-state index contributed by atoms with van der Waals surface area (Å²) in [6, 6.07) is 2.46. The number of methoxy groups -OCH3 is 1. The summed E-state index contributed by atoms with van der Waals surface area (Å²) >= 11 is 0. The zero-order valence-electron chi connectivity index (χ0n) is 9.23. The third-order valence-electron chi connectivity index (χ3n) is 2.90. The Morgan fingerprint density at radius 2 is 2.33 bits per heavy atom. The Balaban J connectivity index is 2.01. The number of hydrogen-bond acceptors (Lipinski definition) is 4. The molecule has 1 saturated carbocycles. The smallest absolute Gasteiger partial charge is 0.216 e. The first-order chi connectivity index (χ1) is 7.33. The van der Waals surface area contributed by atoms with Gasteiger partial charge in [-0.1, -0.05) is 0 Å². The summed E-state index contributed by atoms with van der Waals surface area (Å²) in [5.41, 5.74) is 1.05. The van der Waals surface area contributed by atoms with Gasteiger partial charge in [0.15, 0.2) is 0 Å². The average molecular weight is 207 g/mol. The molecule has 0 aliphatic heterocycles. The van der Waals surface area contributed by atoms with Gasteiger partial charge in [-0.3, -0.25) is 0 Å². The normalized spacial score (nSPS) is 17.5. The van der Waals surface area contributed by atoms with Gasteiger partial charge in [-0.25, -0.2) is 9.97 Å². The lowest BCUT2D eigenvalue weighted by atomic mass is 10.1. The van der Waals surface area contributed by atoms with E-state index in [-0.39, 0.29) is 0 Å². The average Bonchev–Trinajstić information content (AvgIpc) is 3.10. The fourth-order valence-corrected chi connectivity index (χ4v) is 1.83. The maximum atomic E-state index is 5.07. The van der Waals surface area contributed by atoms with Gasteiger partial charge < -0.3 is 10.1 Å². The molecule has 0 amide bonds. The Kier molecular flexibility index (Phi) is 3.16. The molecule has 1 unspecified atom stereocenters. The fraction of sp³-hybridized carbons (Fsp3) is 0.636. The monoisotopic (exact) mass is 207 g/mol. The molecule has 1 fully saturated rings. The first-order valence-electron chi connectivity index (χ1n) is 5.35. The van der Waals surface area contributed by atoms with Gasteiger partial charge in [0.05, 0.1) is 7.11 Å². The van der Waals surface area contributed by atoms with Crippen LogP contribution in [-0.2, 0) is 6.42 Å². The van der Waals surface area contributed by atoms with Gasteiger partial charge in [0.25, 0.3) is 0 Å². The quantitative estimate of drug-likeness (QED) is 0.783. The van der Waals surface area contributed by atoms with Crippen LogP contribution in [0.4, 0.5) is 0 Å². The minimum atomic E-state index is 0.546. The van der Waals surface area contributed by atoms with E-state index in [1.165, 1.54) is 12.8 Å². The van der Waals surface area contributed by atoms with Crippen LogP contribution in [0.15, 0.2) is 12.4 Å². The molecule has 0 radical (unpaired) electrons.